The summed E-state index contributed by atoms with van der Waals surface area (Å²) in [5, 5.41) is 0. The Balaban J connectivity index is 2.37. The third kappa shape index (κ3) is 2.77. The van der Waals surface area contributed by atoms with Gasteiger partial charge in [-0.15, -0.1) is 0 Å². The largest absolute Gasteiger partial charge is 0.399 e. The molecule has 1 aromatic rings. The highest BCUT2D eigenvalue weighted by atomic mass is 32.2. The molecule has 0 aliphatic carbocycles. The summed E-state index contributed by atoms with van der Waals surface area (Å²) >= 11 is 0. The Labute approximate surface area is 115 Å². The number of hydrogen-bond donors (Lipinski definition) is 1. The Kier molecular flexibility index (Phi) is 3.87. The van der Waals surface area contributed by atoms with E-state index in [1.807, 2.05) is 6.92 Å². The number of piperidine rings is 1. The van der Waals surface area contributed by atoms with E-state index in [-0.39, 0.29) is 6.04 Å². The molecule has 0 saturated carbocycles. The Morgan fingerprint density at radius 1 is 1.32 bits per heavy atom. The molecule has 2 rings (SSSR count). The molecule has 19 heavy (non-hydrogen) atoms. The maximum atomic E-state index is 12.7. The Morgan fingerprint density at radius 2 is 2.00 bits per heavy atom. The third-order valence-corrected chi connectivity index (χ3v) is 6.04. The number of aryl methyl sites for hydroxylation is 1. The van der Waals surface area contributed by atoms with Gasteiger partial charge < -0.3 is 5.73 Å². The van der Waals surface area contributed by atoms with E-state index in [0.717, 1.165) is 12.8 Å². The lowest BCUT2D eigenvalue weighted by atomic mass is 9.95. The van der Waals surface area contributed by atoms with Gasteiger partial charge in [0.05, 0.1) is 4.90 Å². The number of anilines is 1. The van der Waals surface area contributed by atoms with Gasteiger partial charge in [-0.1, -0.05) is 6.92 Å². The predicted octanol–water partition coefficient (Wildman–Crippen LogP) is 2.39. The van der Waals surface area contributed by atoms with Crippen LogP contribution in [-0.4, -0.2) is 25.3 Å². The summed E-state index contributed by atoms with van der Waals surface area (Å²) in [6, 6.07) is 5.04. The van der Waals surface area contributed by atoms with Crippen LogP contribution in [0.25, 0.3) is 0 Å². The lowest BCUT2D eigenvalue weighted by molar-refractivity contribution is 0.220. The quantitative estimate of drug-likeness (QED) is 0.847. The summed E-state index contributed by atoms with van der Waals surface area (Å²) in [7, 11) is -3.40. The van der Waals surface area contributed by atoms with Crippen molar-refractivity contribution in [2.75, 3.05) is 12.3 Å². The molecule has 2 N–H and O–H groups in total. The van der Waals surface area contributed by atoms with E-state index in [1.54, 1.807) is 29.4 Å². The molecule has 0 spiro atoms. The SMILES string of the molecule is Cc1cc(N)ccc1S(=O)(=O)N1CCC(C)CC1C. The summed E-state index contributed by atoms with van der Waals surface area (Å²) in [6.07, 6.45) is 1.85. The molecule has 1 fully saturated rings. The molecule has 5 heteroatoms. The number of nitrogens with zero attached hydrogens (tertiary/aromatic N) is 1. The second-order valence-electron chi connectivity index (χ2n) is 5.62. The number of rotatable bonds is 2. The minimum Gasteiger partial charge on any atom is -0.399 e. The zero-order chi connectivity index (χ0) is 14.2. The van der Waals surface area contributed by atoms with Crippen LogP contribution in [0.1, 0.15) is 32.3 Å². The maximum Gasteiger partial charge on any atom is 0.243 e. The lowest BCUT2D eigenvalue weighted by Crippen LogP contribution is -2.44. The molecule has 2 unspecified atom stereocenters. The second-order valence-corrected chi connectivity index (χ2v) is 7.48. The Hall–Kier alpha value is -1.07. The van der Waals surface area contributed by atoms with E-state index >= 15 is 0 Å². The summed E-state index contributed by atoms with van der Waals surface area (Å²) in [6.45, 7) is 6.56. The van der Waals surface area contributed by atoms with E-state index in [4.69, 9.17) is 5.73 Å². The number of hydrogen-bond acceptors (Lipinski definition) is 3. The molecule has 106 valence electrons. The maximum absolute atomic E-state index is 12.7. The fourth-order valence-corrected chi connectivity index (χ4v) is 4.70. The standard InChI is InChI=1S/C14H22N2O2S/c1-10-6-7-16(12(3)8-10)19(17,18)14-5-4-13(15)9-11(14)2/h4-5,9-10,12H,6-8,15H2,1-3H3. The van der Waals surface area contributed by atoms with Gasteiger partial charge in [0.25, 0.3) is 0 Å². The normalized spacial score (nSPS) is 25.4. The number of nitrogens with two attached hydrogens (primary N) is 1. The lowest BCUT2D eigenvalue weighted by Gasteiger charge is -2.35. The first kappa shape index (κ1) is 14.3. The average molecular weight is 282 g/mol. The molecule has 1 saturated heterocycles. The number of sulfonamides is 1. The van der Waals surface area contributed by atoms with Crippen LogP contribution in [0.5, 0.6) is 0 Å². The molecule has 0 radical (unpaired) electrons. The van der Waals surface area contributed by atoms with Crippen LogP contribution in [0.4, 0.5) is 5.69 Å². The van der Waals surface area contributed by atoms with Gasteiger partial charge >= 0.3 is 0 Å². The van der Waals surface area contributed by atoms with Gasteiger partial charge in [0.15, 0.2) is 0 Å². The molecule has 1 aromatic carbocycles. The van der Waals surface area contributed by atoms with Crippen molar-refractivity contribution >= 4 is 15.7 Å². The van der Waals surface area contributed by atoms with Crippen molar-refractivity contribution in [3.63, 3.8) is 0 Å². The van der Waals surface area contributed by atoms with Crippen LogP contribution in [0.15, 0.2) is 23.1 Å². The fourth-order valence-electron chi connectivity index (χ4n) is 2.83. The van der Waals surface area contributed by atoms with Gasteiger partial charge in [-0.25, -0.2) is 8.42 Å². The van der Waals surface area contributed by atoms with Crippen LogP contribution < -0.4 is 5.73 Å². The van der Waals surface area contributed by atoms with Crippen LogP contribution in [0, 0.1) is 12.8 Å². The Morgan fingerprint density at radius 3 is 2.58 bits per heavy atom. The molecule has 2 atom stereocenters. The van der Waals surface area contributed by atoms with Crippen molar-refractivity contribution in [1.29, 1.82) is 0 Å². The molecule has 1 aliphatic rings. The smallest absolute Gasteiger partial charge is 0.243 e. The fraction of sp³-hybridized carbons (Fsp3) is 0.571. The molecular weight excluding hydrogens is 260 g/mol. The van der Waals surface area contributed by atoms with Crippen molar-refractivity contribution in [2.24, 2.45) is 5.92 Å². The molecule has 1 aliphatic heterocycles. The highest BCUT2D eigenvalue weighted by Crippen LogP contribution is 2.29. The topological polar surface area (TPSA) is 63.4 Å². The van der Waals surface area contributed by atoms with E-state index in [0.29, 0.717) is 28.6 Å². The summed E-state index contributed by atoms with van der Waals surface area (Å²) in [4.78, 5) is 0.378. The van der Waals surface area contributed by atoms with Gasteiger partial charge in [-0.3, -0.25) is 0 Å². The zero-order valence-corrected chi connectivity index (χ0v) is 12.6. The van der Waals surface area contributed by atoms with Crippen molar-refractivity contribution in [1.82, 2.24) is 4.31 Å². The average Bonchev–Trinajstić information content (AvgIpc) is 2.27. The van der Waals surface area contributed by atoms with Crippen LogP contribution in [0.2, 0.25) is 0 Å². The zero-order valence-electron chi connectivity index (χ0n) is 11.8. The first-order valence-corrected chi connectivity index (χ1v) is 8.14. The molecule has 4 nitrogen and oxygen atoms in total. The van der Waals surface area contributed by atoms with Gasteiger partial charge in [0, 0.05) is 18.3 Å². The van der Waals surface area contributed by atoms with E-state index in [1.165, 1.54) is 0 Å². The monoisotopic (exact) mass is 282 g/mol. The van der Waals surface area contributed by atoms with Gasteiger partial charge in [-0.05, 0) is 56.4 Å². The van der Waals surface area contributed by atoms with Crippen molar-refractivity contribution < 1.29 is 8.42 Å². The molecule has 0 aromatic heterocycles. The summed E-state index contributed by atoms with van der Waals surface area (Å²) < 4.78 is 27.1. The van der Waals surface area contributed by atoms with Crippen molar-refractivity contribution in [3.05, 3.63) is 23.8 Å². The van der Waals surface area contributed by atoms with Crippen molar-refractivity contribution in [3.8, 4) is 0 Å². The van der Waals surface area contributed by atoms with Crippen LogP contribution in [0.3, 0.4) is 0 Å². The number of nitrogen functional groups attached to an aromatic ring is 1. The molecular formula is C14H22N2O2S. The van der Waals surface area contributed by atoms with E-state index in [9.17, 15) is 8.42 Å². The molecule has 0 bridgehead atoms. The minimum absolute atomic E-state index is 0.0608. The minimum atomic E-state index is -3.40. The first-order valence-electron chi connectivity index (χ1n) is 6.70. The van der Waals surface area contributed by atoms with Crippen LogP contribution >= 0.6 is 0 Å². The first-order chi connectivity index (χ1) is 8.82. The summed E-state index contributed by atoms with van der Waals surface area (Å²) in [5.74, 6) is 0.592. The molecule has 0 amide bonds. The van der Waals surface area contributed by atoms with Gasteiger partial charge in [0.1, 0.15) is 0 Å². The summed E-state index contributed by atoms with van der Waals surface area (Å²) in [5.41, 5.74) is 6.99. The van der Waals surface area contributed by atoms with Gasteiger partial charge in [0.2, 0.25) is 10.0 Å². The van der Waals surface area contributed by atoms with Crippen LogP contribution in [-0.2, 0) is 10.0 Å². The number of benzene rings is 1. The third-order valence-electron chi connectivity index (χ3n) is 3.86. The van der Waals surface area contributed by atoms with E-state index < -0.39 is 10.0 Å². The highest BCUT2D eigenvalue weighted by molar-refractivity contribution is 7.89. The van der Waals surface area contributed by atoms with E-state index in [2.05, 4.69) is 6.92 Å². The van der Waals surface area contributed by atoms with Crippen molar-refractivity contribution in [2.45, 2.75) is 44.6 Å². The highest BCUT2D eigenvalue weighted by Gasteiger charge is 2.33. The Bertz CT molecular complexity index is 569. The molecule has 1 heterocycles. The van der Waals surface area contributed by atoms with Gasteiger partial charge in [-0.2, -0.15) is 4.31 Å². The predicted molar refractivity (Wildman–Crippen MR) is 77.3 cm³/mol. The second kappa shape index (κ2) is 5.13.